The van der Waals surface area contributed by atoms with E-state index in [1.165, 1.54) is 25.7 Å². The van der Waals surface area contributed by atoms with Crippen LogP contribution in [-0.4, -0.2) is 43.2 Å². The molecule has 2 N–H and O–H groups in total. The molecule has 0 aromatic rings. The minimum absolute atomic E-state index is 0.609. The van der Waals surface area contributed by atoms with Gasteiger partial charge in [0.25, 0.3) is 0 Å². The zero-order valence-corrected chi connectivity index (χ0v) is 20.7. The van der Waals surface area contributed by atoms with Crippen LogP contribution in [0.15, 0.2) is 12.2 Å². The lowest BCUT2D eigenvalue weighted by Crippen LogP contribution is -2.23. The minimum atomic E-state index is -0.694. The number of rotatable bonds is 12. The van der Waals surface area contributed by atoms with E-state index in [1.54, 1.807) is 0 Å². The van der Waals surface area contributed by atoms with Crippen LogP contribution in [0.25, 0.3) is 0 Å². The van der Waals surface area contributed by atoms with Gasteiger partial charge in [-0.05, 0) is 79.1 Å². The van der Waals surface area contributed by atoms with E-state index < -0.39 is 22.8 Å². The van der Waals surface area contributed by atoms with Gasteiger partial charge in [0.2, 0.25) is 0 Å². The molecule has 0 radical (unpaired) electrons. The van der Waals surface area contributed by atoms with E-state index in [2.05, 4.69) is 35.7 Å². The fraction of sp³-hybridized carbons (Fsp3) is 0.833. The lowest BCUT2D eigenvalue weighted by molar-refractivity contribution is -0.148. The molecule has 2 saturated heterocycles. The third-order valence-corrected chi connectivity index (χ3v) is 9.83. The van der Waals surface area contributed by atoms with Crippen LogP contribution in [0.3, 0.4) is 0 Å². The van der Waals surface area contributed by atoms with Gasteiger partial charge in [0.1, 0.15) is 0 Å². The fourth-order valence-corrected chi connectivity index (χ4v) is 7.23. The van der Waals surface area contributed by atoms with Crippen LogP contribution in [0.1, 0.15) is 91.9 Å². The van der Waals surface area contributed by atoms with Crippen LogP contribution in [0.2, 0.25) is 0 Å². The Kier molecular flexibility index (Phi) is 9.66. The van der Waals surface area contributed by atoms with Crippen molar-refractivity contribution in [2.45, 2.75) is 113 Å². The zero-order valence-electron chi connectivity index (χ0n) is 19.1. The first kappa shape index (κ1) is 25.6. The first-order valence-corrected chi connectivity index (χ1v) is 13.3. The van der Waals surface area contributed by atoms with Crippen LogP contribution in [-0.2, 0) is 9.59 Å². The summed E-state index contributed by atoms with van der Waals surface area (Å²) in [6, 6.07) is 0. The third kappa shape index (κ3) is 8.14. The molecule has 0 spiro atoms. The van der Waals surface area contributed by atoms with E-state index in [0.717, 1.165) is 38.5 Å². The molecule has 0 bridgehead atoms. The highest BCUT2D eigenvalue weighted by atomic mass is 32.2. The summed E-state index contributed by atoms with van der Waals surface area (Å²) in [7, 11) is 0. The number of carbonyl (C=O) groups is 2. The second-order valence-corrected chi connectivity index (χ2v) is 13.4. The van der Waals surface area contributed by atoms with Gasteiger partial charge in [-0.2, -0.15) is 23.5 Å². The average Bonchev–Trinajstić information content (AvgIpc) is 3.29. The van der Waals surface area contributed by atoms with E-state index in [4.69, 9.17) is 0 Å². The Labute approximate surface area is 191 Å². The zero-order chi connectivity index (χ0) is 22.4. The Morgan fingerprint density at radius 3 is 1.47 bits per heavy atom. The molecule has 172 valence electrons. The molecule has 4 atom stereocenters. The lowest BCUT2D eigenvalue weighted by Gasteiger charge is -2.19. The Morgan fingerprint density at radius 1 is 0.767 bits per heavy atom. The molecule has 2 fully saturated rings. The molecule has 0 saturated carbocycles. The monoisotopic (exact) mass is 456 g/mol. The molecule has 0 aromatic heterocycles. The molecule has 6 heteroatoms. The van der Waals surface area contributed by atoms with E-state index in [0.29, 0.717) is 21.0 Å². The number of hydrogen-bond donors (Lipinski definition) is 2. The van der Waals surface area contributed by atoms with Crippen molar-refractivity contribution in [2.24, 2.45) is 10.8 Å². The smallest absolute Gasteiger partial charge is 0.309 e. The molecule has 0 aromatic carbocycles. The van der Waals surface area contributed by atoms with Gasteiger partial charge in [0, 0.05) is 21.0 Å². The van der Waals surface area contributed by atoms with Gasteiger partial charge in [-0.15, -0.1) is 0 Å². The molecule has 2 aliphatic heterocycles. The second-order valence-electron chi connectivity index (χ2n) is 10.3. The molecule has 4 unspecified atom stereocenters. The maximum Gasteiger partial charge on any atom is 0.309 e. The largest absolute Gasteiger partial charge is 0.481 e. The van der Waals surface area contributed by atoms with Crippen LogP contribution in [0.4, 0.5) is 0 Å². The van der Waals surface area contributed by atoms with Crippen molar-refractivity contribution >= 4 is 35.5 Å². The average molecular weight is 457 g/mol. The first-order chi connectivity index (χ1) is 14.0. The van der Waals surface area contributed by atoms with Crippen LogP contribution in [0, 0.1) is 10.8 Å². The van der Waals surface area contributed by atoms with E-state index in [-0.39, 0.29) is 0 Å². The molecule has 2 rings (SSSR count). The van der Waals surface area contributed by atoms with Crippen LogP contribution >= 0.6 is 23.5 Å². The summed E-state index contributed by atoms with van der Waals surface area (Å²) in [5.41, 5.74) is -1.22. The second kappa shape index (κ2) is 11.3. The Morgan fingerprint density at radius 2 is 1.13 bits per heavy atom. The lowest BCUT2D eigenvalue weighted by atomic mass is 9.87. The van der Waals surface area contributed by atoms with Crippen molar-refractivity contribution in [1.29, 1.82) is 0 Å². The number of aliphatic carboxylic acids is 2. The van der Waals surface area contributed by atoms with Crippen molar-refractivity contribution in [1.82, 2.24) is 0 Å². The number of carboxylic acids is 2. The van der Waals surface area contributed by atoms with Crippen LogP contribution in [0.5, 0.6) is 0 Å². The maximum atomic E-state index is 11.2. The highest BCUT2D eigenvalue weighted by Crippen LogP contribution is 2.41. The normalized spacial score (nSPS) is 27.7. The molecule has 30 heavy (non-hydrogen) atoms. The summed E-state index contributed by atoms with van der Waals surface area (Å²) in [5, 5.41) is 21.0. The summed E-state index contributed by atoms with van der Waals surface area (Å²) in [5.74, 6) is -1.39. The van der Waals surface area contributed by atoms with Crippen molar-refractivity contribution in [2.75, 3.05) is 0 Å². The van der Waals surface area contributed by atoms with Gasteiger partial charge in [0.05, 0.1) is 10.8 Å². The van der Waals surface area contributed by atoms with Crippen molar-refractivity contribution in [3.05, 3.63) is 12.2 Å². The fourth-order valence-electron chi connectivity index (χ4n) is 4.18. The molecule has 2 aliphatic rings. The van der Waals surface area contributed by atoms with Gasteiger partial charge in [-0.25, -0.2) is 0 Å². The van der Waals surface area contributed by atoms with Crippen molar-refractivity contribution in [3.63, 3.8) is 0 Å². The molecular formula is C24H40O4S2. The Bertz CT molecular complexity index is 562. The minimum Gasteiger partial charge on any atom is -0.481 e. The number of carboxylic acid groups (broad SMARTS) is 2. The van der Waals surface area contributed by atoms with Gasteiger partial charge in [-0.1, -0.05) is 25.0 Å². The quantitative estimate of drug-likeness (QED) is 0.321. The number of thioether (sulfide) groups is 2. The third-order valence-electron chi connectivity index (χ3n) is 6.63. The van der Waals surface area contributed by atoms with Gasteiger partial charge < -0.3 is 10.2 Å². The van der Waals surface area contributed by atoms with Crippen molar-refractivity contribution in [3.8, 4) is 0 Å². The highest BCUT2D eigenvalue weighted by Gasteiger charge is 2.30. The molecule has 0 amide bonds. The summed E-state index contributed by atoms with van der Waals surface area (Å²) >= 11 is 4.15. The summed E-state index contributed by atoms with van der Waals surface area (Å²) in [6.45, 7) is 7.29. The highest BCUT2D eigenvalue weighted by molar-refractivity contribution is 8.01. The van der Waals surface area contributed by atoms with E-state index in [1.807, 2.05) is 27.7 Å². The maximum absolute atomic E-state index is 11.2. The van der Waals surface area contributed by atoms with Gasteiger partial charge in [-0.3, -0.25) is 9.59 Å². The summed E-state index contributed by atoms with van der Waals surface area (Å²) in [4.78, 5) is 22.4. The van der Waals surface area contributed by atoms with Gasteiger partial charge in [0.15, 0.2) is 0 Å². The van der Waals surface area contributed by atoms with Crippen molar-refractivity contribution < 1.29 is 19.8 Å². The molecular weight excluding hydrogens is 416 g/mol. The van der Waals surface area contributed by atoms with Gasteiger partial charge >= 0.3 is 11.9 Å². The molecule has 0 aliphatic carbocycles. The summed E-state index contributed by atoms with van der Waals surface area (Å²) in [6.07, 6.45) is 15.5. The topological polar surface area (TPSA) is 74.6 Å². The molecule has 4 nitrogen and oxygen atoms in total. The standard InChI is InChI=1S/C24H40O4S2/c1-23(2,21(25)26)15-5-7-17-9-11-19(29-17)13-14-20-12-10-18(30-20)8-6-16-24(3,4)22(27)28/h13-14,17-20H,5-12,15-16H2,1-4H3,(H,25,26)(H,27,28). The Hall–Kier alpha value is -0.620. The SMILES string of the molecule is CC(C)(CCCC1CCC(C=CC2CCC(CCCC(C)(C)C(=O)O)S2)S1)C(=O)O. The Balaban J connectivity index is 1.63. The molecule has 2 heterocycles. The summed E-state index contributed by atoms with van der Waals surface area (Å²) < 4.78 is 0. The van der Waals surface area contributed by atoms with E-state index >= 15 is 0 Å². The number of hydrogen-bond acceptors (Lipinski definition) is 4. The van der Waals surface area contributed by atoms with Crippen LogP contribution < -0.4 is 0 Å². The predicted molar refractivity (Wildman–Crippen MR) is 128 cm³/mol. The van der Waals surface area contributed by atoms with E-state index in [9.17, 15) is 19.8 Å². The predicted octanol–water partition coefficient (Wildman–Crippen LogP) is 6.63. The first-order valence-electron chi connectivity index (χ1n) is 11.5.